The van der Waals surface area contributed by atoms with Crippen LogP contribution in [0.5, 0.6) is 0 Å². The van der Waals surface area contributed by atoms with E-state index in [4.69, 9.17) is 51.0 Å². The van der Waals surface area contributed by atoms with Crippen molar-refractivity contribution in [2.24, 2.45) is 5.73 Å². The van der Waals surface area contributed by atoms with Gasteiger partial charge in [-0.15, -0.1) is 34.8 Å². The lowest BCUT2D eigenvalue weighted by atomic mass is 9.96. The highest BCUT2D eigenvalue weighted by Gasteiger charge is 2.36. The minimum atomic E-state index is -0.813. The molecule has 0 fully saturated rings. The first-order valence-corrected chi connectivity index (χ1v) is 15.5. The van der Waals surface area contributed by atoms with Crippen LogP contribution in [0.15, 0.2) is 54.6 Å². The number of alkyl halides is 3. The molecule has 2 aromatic carbocycles. The molecule has 4 N–H and O–H groups in total. The van der Waals surface area contributed by atoms with Crippen molar-refractivity contribution in [2.45, 2.75) is 112 Å². The van der Waals surface area contributed by atoms with Gasteiger partial charge in [0, 0.05) is 11.7 Å². The standard InChI is InChI=1S/C31H45Cl3N2O2/c1-2-3-4-5-6-7-8-9-10-11-15-21-25(32)27(33)29(36)28(34)30(23-18-13-12-14-19-23)38-31(37)24-20-16-17-22-26(24)35/h12-14,16-20,22,25,27-30H,2-11,15,21,35-36H2,1H3. The van der Waals surface area contributed by atoms with Crippen molar-refractivity contribution < 1.29 is 9.53 Å². The molecule has 0 aromatic heterocycles. The molecule has 0 aliphatic heterocycles. The highest BCUT2D eigenvalue weighted by molar-refractivity contribution is 6.31. The SMILES string of the molecule is CCCCCCCCCCCCCC(Cl)C(Cl)C(N)C(Cl)C(OC(=O)c1ccccc1N)c1ccccc1. The average Bonchev–Trinajstić information content (AvgIpc) is 2.93. The Bertz CT molecular complexity index is 915. The number of hydrogen-bond acceptors (Lipinski definition) is 4. The number of rotatable bonds is 19. The van der Waals surface area contributed by atoms with E-state index >= 15 is 0 Å². The second-order valence-electron chi connectivity index (χ2n) is 10.1. The molecule has 0 heterocycles. The van der Waals surface area contributed by atoms with Crippen LogP contribution in [0.4, 0.5) is 5.69 Å². The van der Waals surface area contributed by atoms with E-state index in [-0.39, 0.29) is 10.9 Å². The number of nitrogen functional groups attached to an aromatic ring is 1. The van der Waals surface area contributed by atoms with Crippen LogP contribution in [0.2, 0.25) is 0 Å². The molecule has 0 aliphatic carbocycles. The Labute approximate surface area is 244 Å². The third-order valence-electron chi connectivity index (χ3n) is 7.00. The van der Waals surface area contributed by atoms with E-state index in [1.165, 1.54) is 57.8 Å². The van der Waals surface area contributed by atoms with Crippen molar-refractivity contribution in [2.75, 3.05) is 5.73 Å². The second kappa shape index (κ2) is 18.8. The molecule has 0 saturated carbocycles. The Balaban J connectivity index is 1.84. The Morgan fingerprint density at radius 1 is 0.763 bits per heavy atom. The first-order chi connectivity index (χ1) is 18.4. The van der Waals surface area contributed by atoms with Gasteiger partial charge in [0.05, 0.1) is 21.7 Å². The summed E-state index contributed by atoms with van der Waals surface area (Å²) in [6, 6.07) is 15.4. The summed E-state index contributed by atoms with van der Waals surface area (Å²) in [5, 5.41) is -1.69. The van der Waals surface area contributed by atoms with Crippen molar-refractivity contribution in [1.82, 2.24) is 0 Å². The summed E-state index contributed by atoms with van der Waals surface area (Å²) in [5.41, 5.74) is 13.8. The summed E-state index contributed by atoms with van der Waals surface area (Å²) < 4.78 is 5.86. The van der Waals surface area contributed by atoms with Crippen molar-refractivity contribution in [3.8, 4) is 0 Å². The predicted octanol–water partition coefficient (Wildman–Crippen LogP) is 9.02. The van der Waals surface area contributed by atoms with Crippen LogP contribution in [0, 0.1) is 0 Å². The van der Waals surface area contributed by atoms with Crippen LogP contribution < -0.4 is 11.5 Å². The van der Waals surface area contributed by atoms with Crippen LogP contribution in [-0.4, -0.2) is 28.1 Å². The molecule has 5 unspecified atom stereocenters. The van der Waals surface area contributed by atoms with E-state index in [0.717, 1.165) is 24.8 Å². The van der Waals surface area contributed by atoms with E-state index in [0.29, 0.717) is 5.69 Å². The van der Waals surface area contributed by atoms with Gasteiger partial charge in [-0.05, 0) is 24.1 Å². The lowest BCUT2D eigenvalue weighted by Gasteiger charge is -2.31. The monoisotopic (exact) mass is 582 g/mol. The highest BCUT2D eigenvalue weighted by atomic mass is 35.5. The molecule has 0 amide bonds. The fraction of sp³-hybridized carbons (Fsp3) is 0.581. The largest absolute Gasteiger partial charge is 0.452 e. The summed E-state index contributed by atoms with van der Waals surface area (Å²) in [4.78, 5) is 12.9. The molecule has 2 aromatic rings. The van der Waals surface area contributed by atoms with Gasteiger partial charge in [-0.3, -0.25) is 0 Å². The molecule has 0 spiro atoms. The van der Waals surface area contributed by atoms with Crippen LogP contribution >= 0.6 is 34.8 Å². The van der Waals surface area contributed by atoms with Crippen molar-refractivity contribution >= 4 is 46.5 Å². The molecule has 4 nitrogen and oxygen atoms in total. The molecule has 0 radical (unpaired) electrons. The zero-order valence-electron chi connectivity index (χ0n) is 22.7. The number of anilines is 1. The number of benzene rings is 2. The fourth-order valence-corrected chi connectivity index (χ4v) is 5.64. The van der Waals surface area contributed by atoms with E-state index in [1.54, 1.807) is 24.3 Å². The Hall–Kier alpha value is -1.46. The smallest absolute Gasteiger partial charge is 0.340 e. The number of halogens is 3. The predicted molar refractivity (Wildman–Crippen MR) is 163 cm³/mol. The molecule has 0 saturated heterocycles. The summed E-state index contributed by atoms with van der Waals surface area (Å²) in [5.74, 6) is -0.565. The van der Waals surface area contributed by atoms with Gasteiger partial charge in [0.2, 0.25) is 0 Å². The summed E-state index contributed by atoms with van der Waals surface area (Å²) >= 11 is 20.2. The lowest BCUT2D eigenvalue weighted by molar-refractivity contribution is 0.0271. The number of esters is 1. The molecule has 0 bridgehead atoms. The maximum Gasteiger partial charge on any atom is 0.340 e. The van der Waals surface area contributed by atoms with Crippen molar-refractivity contribution in [1.29, 1.82) is 0 Å². The van der Waals surface area contributed by atoms with Crippen LogP contribution in [0.25, 0.3) is 0 Å². The first kappa shape index (κ1) is 32.8. The van der Waals surface area contributed by atoms with Gasteiger partial charge in [0.1, 0.15) is 6.10 Å². The normalized spacial score (nSPS) is 15.4. The van der Waals surface area contributed by atoms with Gasteiger partial charge >= 0.3 is 5.97 Å². The molecule has 0 aliphatic rings. The number of unbranched alkanes of at least 4 members (excludes halogenated alkanes) is 10. The fourth-order valence-electron chi connectivity index (χ4n) is 4.60. The van der Waals surface area contributed by atoms with Crippen LogP contribution in [0.3, 0.4) is 0 Å². The molecule has 2 rings (SSSR count). The highest BCUT2D eigenvalue weighted by Crippen LogP contribution is 2.33. The molecular formula is C31H45Cl3N2O2. The van der Waals surface area contributed by atoms with Gasteiger partial charge in [-0.2, -0.15) is 0 Å². The molecule has 38 heavy (non-hydrogen) atoms. The number of para-hydroxylation sites is 1. The Morgan fingerprint density at radius 3 is 1.87 bits per heavy atom. The summed E-state index contributed by atoms with van der Waals surface area (Å²) in [6.45, 7) is 2.25. The maximum absolute atomic E-state index is 12.9. The summed E-state index contributed by atoms with van der Waals surface area (Å²) in [6.07, 6.45) is 13.9. The van der Waals surface area contributed by atoms with Gasteiger partial charge in [-0.25, -0.2) is 4.79 Å². The molecule has 212 valence electrons. The third-order valence-corrected chi connectivity index (χ3v) is 8.73. The number of carbonyl (C=O) groups excluding carboxylic acids is 1. The van der Waals surface area contributed by atoms with E-state index in [9.17, 15) is 4.79 Å². The van der Waals surface area contributed by atoms with Crippen molar-refractivity contribution in [3.05, 3.63) is 65.7 Å². The quantitative estimate of drug-likeness (QED) is 0.0748. The van der Waals surface area contributed by atoms with Gasteiger partial charge in [0.25, 0.3) is 0 Å². The van der Waals surface area contributed by atoms with E-state index in [1.807, 2.05) is 30.3 Å². The number of ether oxygens (including phenoxy) is 1. The molecular weight excluding hydrogens is 539 g/mol. The van der Waals surface area contributed by atoms with Crippen LogP contribution in [-0.2, 0) is 4.74 Å². The van der Waals surface area contributed by atoms with Gasteiger partial charge in [-0.1, -0.05) is 120 Å². The Morgan fingerprint density at radius 2 is 1.29 bits per heavy atom. The third kappa shape index (κ3) is 11.3. The van der Waals surface area contributed by atoms with Gasteiger partial charge < -0.3 is 16.2 Å². The van der Waals surface area contributed by atoms with Gasteiger partial charge in [0.15, 0.2) is 0 Å². The lowest BCUT2D eigenvalue weighted by Crippen LogP contribution is -2.46. The number of hydrogen-bond donors (Lipinski definition) is 2. The maximum atomic E-state index is 12.9. The van der Waals surface area contributed by atoms with Crippen molar-refractivity contribution in [3.63, 3.8) is 0 Å². The van der Waals surface area contributed by atoms with E-state index in [2.05, 4.69) is 6.92 Å². The van der Waals surface area contributed by atoms with Crippen LogP contribution in [0.1, 0.15) is 106 Å². The molecule has 5 atom stereocenters. The minimum Gasteiger partial charge on any atom is -0.452 e. The Kier molecular flexibility index (Phi) is 16.2. The average molecular weight is 584 g/mol. The molecule has 7 heteroatoms. The second-order valence-corrected chi connectivity index (χ2v) is 11.7. The zero-order valence-corrected chi connectivity index (χ0v) is 24.9. The number of nitrogens with two attached hydrogens (primary N) is 2. The minimum absolute atomic E-state index is 0.278. The summed E-state index contributed by atoms with van der Waals surface area (Å²) in [7, 11) is 0. The number of carbonyl (C=O) groups is 1. The first-order valence-electron chi connectivity index (χ1n) is 14.1. The van der Waals surface area contributed by atoms with E-state index < -0.39 is 28.9 Å². The zero-order chi connectivity index (χ0) is 27.8. The topological polar surface area (TPSA) is 78.3 Å².